The lowest BCUT2D eigenvalue weighted by molar-refractivity contribution is 0.102. The van der Waals surface area contributed by atoms with Gasteiger partial charge in [-0.15, -0.1) is 0 Å². The summed E-state index contributed by atoms with van der Waals surface area (Å²) in [6.45, 7) is 0.707. The first-order chi connectivity index (χ1) is 13.5. The van der Waals surface area contributed by atoms with Gasteiger partial charge in [0.2, 0.25) is 10.0 Å². The van der Waals surface area contributed by atoms with Crippen LogP contribution in [0.2, 0.25) is 0 Å². The van der Waals surface area contributed by atoms with Gasteiger partial charge in [-0.2, -0.15) is 13.9 Å². The molecule has 28 heavy (non-hydrogen) atoms. The third-order valence-electron chi connectivity index (χ3n) is 4.66. The van der Waals surface area contributed by atoms with E-state index in [4.69, 9.17) is 0 Å². The minimum atomic E-state index is -4.00. The molecule has 1 aliphatic rings. The smallest absolute Gasteiger partial charge is 0.256 e. The molecule has 1 saturated heterocycles. The number of nitrogens with zero attached hydrogens (tertiary/aromatic N) is 4. The van der Waals surface area contributed by atoms with E-state index < -0.39 is 26.6 Å². The van der Waals surface area contributed by atoms with Crippen molar-refractivity contribution in [2.75, 3.05) is 18.4 Å². The number of sulfonamides is 1. The van der Waals surface area contributed by atoms with Crippen LogP contribution in [-0.4, -0.2) is 46.3 Å². The molecule has 0 spiro atoms. The number of piperidine rings is 1. The molecule has 1 aliphatic heterocycles. The summed E-state index contributed by atoms with van der Waals surface area (Å²) in [4.78, 5) is 16.3. The van der Waals surface area contributed by atoms with Gasteiger partial charge in [-0.05, 0) is 37.1 Å². The van der Waals surface area contributed by atoms with Crippen LogP contribution in [0.4, 0.5) is 10.2 Å². The Labute approximate surface area is 161 Å². The lowest BCUT2D eigenvalue weighted by Gasteiger charge is -2.26. The molecule has 0 saturated carbocycles. The number of rotatable bonds is 4. The van der Waals surface area contributed by atoms with Crippen LogP contribution in [0.1, 0.15) is 29.6 Å². The van der Waals surface area contributed by atoms with E-state index in [-0.39, 0.29) is 5.56 Å². The van der Waals surface area contributed by atoms with Gasteiger partial charge in [0.25, 0.3) is 5.91 Å². The number of nitrogens with one attached hydrogen (secondary N) is 1. The Morgan fingerprint density at radius 2 is 1.86 bits per heavy atom. The number of hydrogen-bond donors (Lipinski definition) is 1. The average molecular weight is 403 g/mol. The molecule has 1 fully saturated rings. The third-order valence-corrected chi connectivity index (χ3v) is 6.57. The van der Waals surface area contributed by atoms with E-state index in [9.17, 15) is 17.6 Å². The molecular formula is C18H18FN5O3S. The van der Waals surface area contributed by atoms with E-state index in [1.807, 2.05) is 0 Å². The summed E-state index contributed by atoms with van der Waals surface area (Å²) in [5.74, 6) is -1.08. The highest BCUT2D eigenvalue weighted by molar-refractivity contribution is 7.89. The monoisotopic (exact) mass is 403 g/mol. The second kappa shape index (κ2) is 7.28. The maximum Gasteiger partial charge on any atom is 0.256 e. The van der Waals surface area contributed by atoms with Gasteiger partial charge in [0, 0.05) is 30.9 Å². The van der Waals surface area contributed by atoms with Crippen LogP contribution in [0.5, 0.6) is 0 Å². The van der Waals surface area contributed by atoms with Crippen LogP contribution in [0.15, 0.2) is 47.6 Å². The van der Waals surface area contributed by atoms with Crippen molar-refractivity contribution >= 4 is 27.4 Å². The molecule has 1 aromatic carbocycles. The van der Waals surface area contributed by atoms with E-state index >= 15 is 0 Å². The first kappa shape index (κ1) is 18.5. The van der Waals surface area contributed by atoms with Crippen LogP contribution in [0.3, 0.4) is 0 Å². The number of amides is 1. The van der Waals surface area contributed by atoms with Crippen molar-refractivity contribution in [3.05, 3.63) is 54.1 Å². The van der Waals surface area contributed by atoms with Gasteiger partial charge in [0.1, 0.15) is 16.5 Å². The van der Waals surface area contributed by atoms with Gasteiger partial charge in [0.15, 0.2) is 5.65 Å². The molecular weight excluding hydrogens is 385 g/mol. The van der Waals surface area contributed by atoms with E-state index in [0.717, 1.165) is 31.4 Å². The number of hydrogen-bond acceptors (Lipinski definition) is 5. The maximum atomic E-state index is 14.3. The standard InChI is InChI=1S/C18H18FN5O3S/c19-14-5-4-13(12-15(14)28(26,27)23-10-2-1-3-11-23)18(25)22-17-6-8-20-16-7-9-21-24(16)17/h4-9,12H,1-3,10-11H2,(H,22,25). The maximum absolute atomic E-state index is 14.3. The molecule has 0 radical (unpaired) electrons. The fourth-order valence-corrected chi connectivity index (χ4v) is 4.81. The molecule has 1 amide bonds. The zero-order valence-electron chi connectivity index (χ0n) is 14.9. The predicted octanol–water partition coefficient (Wildman–Crippen LogP) is 2.30. The molecule has 2 aromatic heterocycles. The number of carbonyl (C=O) groups excluding carboxylic acids is 1. The summed E-state index contributed by atoms with van der Waals surface area (Å²) >= 11 is 0. The third kappa shape index (κ3) is 3.36. The number of halogens is 1. The van der Waals surface area contributed by atoms with Gasteiger partial charge in [-0.25, -0.2) is 17.8 Å². The van der Waals surface area contributed by atoms with Crippen molar-refractivity contribution in [1.82, 2.24) is 18.9 Å². The Bertz CT molecular complexity index is 1140. The SMILES string of the molecule is O=C(Nc1ccnc2ccnn12)c1ccc(F)c(S(=O)(=O)N2CCCCC2)c1. The second-order valence-corrected chi connectivity index (χ2v) is 8.40. The number of carbonyl (C=O) groups is 1. The topological polar surface area (TPSA) is 96.7 Å². The van der Waals surface area contributed by atoms with Crippen molar-refractivity contribution in [1.29, 1.82) is 0 Å². The van der Waals surface area contributed by atoms with Crippen molar-refractivity contribution < 1.29 is 17.6 Å². The molecule has 3 heterocycles. The fourth-order valence-electron chi connectivity index (χ4n) is 3.20. The van der Waals surface area contributed by atoms with E-state index in [2.05, 4.69) is 15.4 Å². The van der Waals surface area contributed by atoms with Gasteiger partial charge in [-0.1, -0.05) is 6.42 Å². The van der Waals surface area contributed by atoms with Crippen LogP contribution >= 0.6 is 0 Å². The van der Waals surface area contributed by atoms with Gasteiger partial charge < -0.3 is 5.32 Å². The molecule has 3 aromatic rings. The molecule has 146 valence electrons. The first-order valence-electron chi connectivity index (χ1n) is 8.86. The average Bonchev–Trinajstić information content (AvgIpc) is 3.19. The minimum absolute atomic E-state index is 0.0362. The van der Waals surface area contributed by atoms with Gasteiger partial charge in [-0.3, -0.25) is 4.79 Å². The number of benzene rings is 1. The zero-order valence-corrected chi connectivity index (χ0v) is 15.7. The summed E-state index contributed by atoms with van der Waals surface area (Å²) in [5, 5.41) is 6.73. The number of fused-ring (bicyclic) bond motifs is 1. The summed E-state index contributed by atoms with van der Waals surface area (Å²) in [5.41, 5.74) is 0.583. The highest BCUT2D eigenvalue weighted by Crippen LogP contribution is 2.24. The lowest BCUT2D eigenvalue weighted by Crippen LogP contribution is -2.36. The first-order valence-corrected chi connectivity index (χ1v) is 10.3. The minimum Gasteiger partial charge on any atom is -0.306 e. The van der Waals surface area contributed by atoms with E-state index in [1.165, 1.54) is 21.1 Å². The van der Waals surface area contributed by atoms with Gasteiger partial charge in [0.05, 0.1) is 6.20 Å². The van der Waals surface area contributed by atoms with Crippen LogP contribution in [0, 0.1) is 5.82 Å². The molecule has 4 rings (SSSR count). The Hall–Kier alpha value is -2.85. The van der Waals surface area contributed by atoms with Crippen LogP contribution < -0.4 is 5.32 Å². The van der Waals surface area contributed by atoms with E-state index in [0.29, 0.717) is 24.6 Å². The molecule has 0 bridgehead atoms. The normalized spacial score (nSPS) is 15.6. The molecule has 1 N–H and O–H groups in total. The zero-order chi connectivity index (χ0) is 19.7. The summed E-state index contributed by atoms with van der Waals surface area (Å²) in [6, 6.07) is 6.57. The molecule has 0 unspecified atom stereocenters. The fraction of sp³-hybridized carbons (Fsp3) is 0.278. The molecule has 0 aliphatic carbocycles. The quantitative estimate of drug-likeness (QED) is 0.721. The lowest BCUT2D eigenvalue weighted by atomic mass is 10.2. The number of aromatic nitrogens is 3. The van der Waals surface area contributed by atoms with Crippen LogP contribution in [0.25, 0.3) is 5.65 Å². The molecule has 10 heteroatoms. The Kier molecular flexibility index (Phi) is 4.82. The summed E-state index contributed by atoms with van der Waals surface area (Å²) in [7, 11) is -4.00. The predicted molar refractivity (Wildman–Crippen MR) is 100.0 cm³/mol. The highest BCUT2D eigenvalue weighted by atomic mass is 32.2. The van der Waals surface area contributed by atoms with E-state index in [1.54, 1.807) is 18.3 Å². The largest absolute Gasteiger partial charge is 0.306 e. The van der Waals surface area contributed by atoms with Crippen molar-refractivity contribution in [2.24, 2.45) is 0 Å². The number of anilines is 1. The Balaban J connectivity index is 1.64. The Morgan fingerprint density at radius 3 is 2.64 bits per heavy atom. The summed E-state index contributed by atoms with van der Waals surface area (Å²) in [6.07, 6.45) is 5.49. The molecule has 8 nitrogen and oxygen atoms in total. The van der Waals surface area contributed by atoms with Crippen molar-refractivity contribution in [3.63, 3.8) is 0 Å². The second-order valence-electron chi connectivity index (χ2n) is 6.50. The summed E-state index contributed by atoms with van der Waals surface area (Å²) < 4.78 is 42.7. The van der Waals surface area contributed by atoms with Crippen molar-refractivity contribution in [2.45, 2.75) is 24.2 Å². The Morgan fingerprint density at radius 1 is 1.07 bits per heavy atom. The van der Waals surface area contributed by atoms with Gasteiger partial charge >= 0.3 is 0 Å². The highest BCUT2D eigenvalue weighted by Gasteiger charge is 2.29. The van der Waals surface area contributed by atoms with Crippen molar-refractivity contribution in [3.8, 4) is 0 Å². The van der Waals surface area contributed by atoms with Crippen LogP contribution in [-0.2, 0) is 10.0 Å². The molecule has 0 atom stereocenters.